The van der Waals surface area contributed by atoms with Crippen LogP contribution >= 0.6 is 11.3 Å². The third-order valence-electron chi connectivity index (χ3n) is 5.84. The number of thiophene rings is 1. The second-order valence-electron chi connectivity index (χ2n) is 8.07. The van der Waals surface area contributed by atoms with Crippen LogP contribution in [0, 0.1) is 6.92 Å². The molecule has 2 amide bonds. The molecule has 1 unspecified atom stereocenters. The zero-order chi connectivity index (χ0) is 23.8. The van der Waals surface area contributed by atoms with Crippen LogP contribution in [0.15, 0.2) is 65.0 Å². The Kier molecular flexibility index (Phi) is 5.62. The maximum Gasteiger partial charge on any atom is 0.263 e. The number of hydrogen-bond donors (Lipinski definition) is 1. The van der Waals surface area contributed by atoms with Crippen LogP contribution in [0.25, 0.3) is 21.3 Å². The molecule has 34 heavy (non-hydrogen) atoms. The van der Waals surface area contributed by atoms with Crippen molar-refractivity contribution in [2.45, 2.75) is 19.6 Å². The summed E-state index contributed by atoms with van der Waals surface area (Å²) >= 11 is 1.40. The molecule has 1 aliphatic heterocycles. The van der Waals surface area contributed by atoms with Crippen molar-refractivity contribution in [1.82, 2.24) is 14.9 Å². The van der Waals surface area contributed by atoms with Gasteiger partial charge >= 0.3 is 0 Å². The van der Waals surface area contributed by atoms with E-state index in [4.69, 9.17) is 4.74 Å². The number of fused-ring (bicyclic) bond motifs is 2. The zero-order valence-electron chi connectivity index (χ0n) is 18.6. The van der Waals surface area contributed by atoms with Crippen molar-refractivity contribution in [3.8, 4) is 16.9 Å². The summed E-state index contributed by atoms with van der Waals surface area (Å²) in [5.41, 5.74) is 3.14. The third kappa shape index (κ3) is 3.84. The maximum atomic E-state index is 13.4. The lowest BCUT2D eigenvalue weighted by Gasteiger charge is -2.34. The van der Waals surface area contributed by atoms with Gasteiger partial charge in [0.05, 0.1) is 23.9 Å². The van der Waals surface area contributed by atoms with E-state index in [2.05, 4.69) is 10.3 Å². The molecule has 0 radical (unpaired) electrons. The molecule has 5 rings (SSSR count). The predicted octanol–water partition coefficient (Wildman–Crippen LogP) is 2.97. The number of aromatic nitrogens is 2. The van der Waals surface area contributed by atoms with E-state index < -0.39 is 6.10 Å². The van der Waals surface area contributed by atoms with E-state index in [0.717, 1.165) is 16.7 Å². The molecule has 3 heterocycles. The number of nitrogens with one attached hydrogen (secondary N) is 1. The fourth-order valence-corrected chi connectivity index (χ4v) is 4.93. The topological polar surface area (TPSA) is 93.5 Å². The van der Waals surface area contributed by atoms with Crippen LogP contribution in [0.3, 0.4) is 0 Å². The summed E-state index contributed by atoms with van der Waals surface area (Å²) in [4.78, 5) is 45.5. The Hall–Kier alpha value is -3.98. The number of nitrogens with zero attached hydrogens (tertiary/aromatic N) is 3. The van der Waals surface area contributed by atoms with Crippen molar-refractivity contribution in [2.75, 3.05) is 18.5 Å². The highest BCUT2D eigenvalue weighted by atomic mass is 32.1. The van der Waals surface area contributed by atoms with Gasteiger partial charge in [-0.05, 0) is 24.6 Å². The predicted molar refractivity (Wildman–Crippen MR) is 131 cm³/mol. The number of rotatable bonds is 4. The van der Waals surface area contributed by atoms with Gasteiger partial charge in [0.1, 0.15) is 17.1 Å². The standard InChI is InChI=1S/C25H22N4O4S/c1-15-7-9-16(10-8-15)17-13-34-24-22(17)25(32)28(14-27-24)12-21(30)29-11-20(23(31)26-2)33-19-6-4-3-5-18(19)29/h3-10,13-14,20H,11-12H2,1-2H3,(H,26,31). The first kappa shape index (κ1) is 21.8. The van der Waals surface area contributed by atoms with Crippen LogP contribution < -0.4 is 20.5 Å². The molecule has 4 aromatic rings. The van der Waals surface area contributed by atoms with Gasteiger partial charge in [-0.25, -0.2) is 4.98 Å². The van der Waals surface area contributed by atoms with E-state index in [1.807, 2.05) is 36.6 Å². The molecule has 0 saturated carbocycles. The van der Waals surface area contributed by atoms with Crippen LogP contribution in [0.1, 0.15) is 5.56 Å². The van der Waals surface area contributed by atoms with E-state index in [1.54, 1.807) is 24.3 Å². The minimum absolute atomic E-state index is 0.0486. The number of benzene rings is 2. The number of para-hydroxylation sites is 2. The summed E-state index contributed by atoms with van der Waals surface area (Å²) in [5.74, 6) is -0.218. The number of carbonyl (C=O) groups is 2. The Morgan fingerprint density at radius 3 is 2.71 bits per heavy atom. The molecule has 9 heteroatoms. The lowest BCUT2D eigenvalue weighted by atomic mass is 10.1. The smallest absolute Gasteiger partial charge is 0.263 e. The second kappa shape index (κ2) is 8.75. The normalized spacial score (nSPS) is 15.0. The van der Waals surface area contributed by atoms with Gasteiger partial charge in [0.2, 0.25) is 5.91 Å². The molecule has 0 fully saturated rings. The first-order valence-electron chi connectivity index (χ1n) is 10.8. The van der Waals surface area contributed by atoms with Crippen LogP contribution in [-0.4, -0.2) is 41.1 Å². The molecule has 0 saturated heterocycles. The van der Waals surface area contributed by atoms with E-state index in [9.17, 15) is 14.4 Å². The SMILES string of the molecule is CNC(=O)C1CN(C(=O)Cn2cnc3scc(-c4ccc(C)cc4)c3c2=O)c2ccccc2O1. The molecular formula is C25H22N4O4S. The summed E-state index contributed by atoms with van der Waals surface area (Å²) < 4.78 is 7.10. The number of carbonyl (C=O) groups excluding carboxylic acids is 2. The number of aryl methyl sites for hydroxylation is 1. The minimum atomic E-state index is -0.841. The van der Waals surface area contributed by atoms with Gasteiger partial charge in [-0.15, -0.1) is 11.3 Å². The fraction of sp³-hybridized carbons (Fsp3) is 0.200. The third-order valence-corrected chi connectivity index (χ3v) is 6.73. The summed E-state index contributed by atoms with van der Waals surface area (Å²) in [6, 6.07) is 15.0. The molecule has 8 nitrogen and oxygen atoms in total. The van der Waals surface area contributed by atoms with Crippen molar-refractivity contribution in [3.05, 3.63) is 76.2 Å². The fourth-order valence-electron chi connectivity index (χ4n) is 4.02. The van der Waals surface area contributed by atoms with E-state index in [1.165, 1.54) is 34.2 Å². The number of anilines is 1. The maximum absolute atomic E-state index is 13.4. The largest absolute Gasteiger partial charge is 0.477 e. The second-order valence-corrected chi connectivity index (χ2v) is 8.92. The molecular weight excluding hydrogens is 452 g/mol. The monoisotopic (exact) mass is 474 g/mol. The molecule has 0 bridgehead atoms. The van der Waals surface area contributed by atoms with Crippen molar-refractivity contribution >= 4 is 39.1 Å². The first-order valence-corrected chi connectivity index (χ1v) is 11.7. The Morgan fingerprint density at radius 1 is 1.18 bits per heavy atom. The average molecular weight is 475 g/mol. The van der Waals surface area contributed by atoms with E-state index in [0.29, 0.717) is 21.7 Å². The average Bonchev–Trinajstić information content (AvgIpc) is 3.30. The van der Waals surface area contributed by atoms with Gasteiger partial charge in [0.15, 0.2) is 6.10 Å². The summed E-state index contributed by atoms with van der Waals surface area (Å²) in [7, 11) is 1.52. The molecule has 0 aliphatic carbocycles. The van der Waals surface area contributed by atoms with Crippen molar-refractivity contribution in [2.24, 2.45) is 0 Å². The van der Waals surface area contributed by atoms with Crippen LogP contribution in [0.5, 0.6) is 5.75 Å². The molecule has 1 aliphatic rings. The molecule has 2 aromatic carbocycles. The van der Waals surface area contributed by atoms with Crippen molar-refractivity contribution < 1.29 is 14.3 Å². The van der Waals surface area contributed by atoms with E-state index in [-0.39, 0.29) is 30.5 Å². The number of amides is 2. The van der Waals surface area contributed by atoms with Crippen LogP contribution in [0.2, 0.25) is 0 Å². The quantitative estimate of drug-likeness (QED) is 0.491. The highest BCUT2D eigenvalue weighted by Crippen LogP contribution is 2.34. The Balaban J connectivity index is 1.49. The molecule has 1 atom stereocenters. The number of likely N-dealkylation sites (N-methyl/N-ethyl adjacent to an activating group) is 1. The molecule has 0 spiro atoms. The van der Waals surface area contributed by atoms with Gasteiger partial charge in [-0.1, -0.05) is 42.0 Å². The molecule has 2 aromatic heterocycles. The van der Waals surface area contributed by atoms with Gasteiger partial charge in [-0.2, -0.15) is 0 Å². The van der Waals surface area contributed by atoms with E-state index >= 15 is 0 Å². The Labute approximate surface area is 199 Å². The van der Waals surface area contributed by atoms with Gasteiger partial charge in [0, 0.05) is 18.0 Å². The Morgan fingerprint density at radius 2 is 1.94 bits per heavy atom. The minimum Gasteiger partial charge on any atom is -0.477 e. The highest BCUT2D eigenvalue weighted by Gasteiger charge is 2.33. The zero-order valence-corrected chi connectivity index (χ0v) is 19.5. The lowest BCUT2D eigenvalue weighted by molar-refractivity contribution is -0.128. The van der Waals surface area contributed by atoms with Crippen LogP contribution in [0.4, 0.5) is 5.69 Å². The lowest BCUT2D eigenvalue weighted by Crippen LogP contribution is -2.51. The molecule has 1 N–H and O–H groups in total. The summed E-state index contributed by atoms with van der Waals surface area (Å²) in [6.45, 7) is 1.85. The summed E-state index contributed by atoms with van der Waals surface area (Å²) in [6.07, 6.45) is 0.562. The highest BCUT2D eigenvalue weighted by molar-refractivity contribution is 7.17. The number of ether oxygens (including phenoxy) is 1. The first-order chi connectivity index (χ1) is 16.5. The van der Waals surface area contributed by atoms with Gasteiger partial charge in [0.25, 0.3) is 11.5 Å². The van der Waals surface area contributed by atoms with Crippen molar-refractivity contribution in [3.63, 3.8) is 0 Å². The summed E-state index contributed by atoms with van der Waals surface area (Å²) in [5, 5.41) is 4.97. The van der Waals surface area contributed by atoms with Crippen LogP contribution in [-0.2, 0) is 16.1 Å². The Bertz CT molecular complexity index is 1460. The van der Waals surface area contributed by atoms with Gasteiger partial charge in [-0.3, -0.25) is 19.0 Å². The molecule has 172 valence electrons. The van der Waals surface area contributed by atoms with Crippen molar-refractivity contribution in [1.29, 1.82) is 0 Å². The number of hydrogen-bond acceptors (Lipinski definition) is 6. The van der Waals surface area contributed by atoms with Gasteiger partial charge < -0.3 is 15.0 Å².